The molecule has 168 valence electrons. The summed E-state index contributed by atoms with van der Waals surface area (Å²) in [5.74, 6) is 1.07. The van der Waals surface area contributed by atoms with Crippen molar-refractivity contribution in [2.45, 2.75) is 32.7 Å². The van der Waals surface area contributed by atoms with E-state index in [0.717, 1.165) is 31.9 Å². The van der Waals surface area contributed by atoms with Crippen molar-refractivity contribution in [1.82, 2.24) is 10.2 Å². The molecule has 0 aliphatic carbocycles. The van der Waals surface area contributed by atoms with Crippen LogP contribution in [0.25, 0.3) is 0 Å². The smallest absolute Gasteiger partial charge is 0.102 e. The van der Waals surface area contributed by atoms with Crippen molar-refractivity contribution in [3.05, 3.63) is 131 Å². The standard InChI is InChI=1S/C30H33N3/c1-4-31-24(3)32-29-19-20-33(21-27-18-12-11-13-23(27)2)22-28(29)30(25-14-7-5-8-15-25)26-16-9-6-10-17-26/h4-18,30H,1,19-22H2,2-3H3,(H,31,32). The summed E-state index contributed by atoms with van der Waals surface area (Å²) in [7, 11) is 0. The van der Waals surface area contributed by atoms with Crippen LogP contribution in [-0.4, -0.2) is 23.8 Å². The van der Waals surface area contributed by atoms with Crippen LogP contribution < -0.4 is 5.32 Å². The molecule has 0 fully saturated rings. The van der Waals surface area contributed by atoms with Gasteiger partial charge in [0.1, 0.15) is 5.84 Å². The lowest BCUT2D eigenvalue weighted by Gasteiger charge is -2.35. The average molecular weight is 436 g/mol. The zero-order valence-electron chi connectivity index (χ0n) is 19.7. The molecule has 0 spiro atoms. The molecule has 3 heteroatoms. The fourth-order valence-electron chi connectivity index (χ4n) is 4.69. The second-order valence-corrected chi connectivity index (χ2v) is 8.67. The number of amidine groups is 1. The number of benzene rings is 3. The first kappa shape index (κ1) is 22.8. The Labute approximate surface area is 198 Å². The summed E-state index contributed by atoms with van der Waals surface area (Å²) in [5, 5.41) is 3.62. The predicted octanol–water partition coefficient (Wildman–Crippen LogP) is 6.44. The molecule has 1 aliphatic rings. The van der Waals surface area contributed by atoms with Gasteiger partial charge in [-0.3, -0.25) is 4.90 Å². The van der Waals surface area contributed by atoms with E-state index in [1.807, 2.05) is 6.92 Å². The van der Waals surface area contributed by atoms with Crippen molar-refractivity contribution in [3.63, 3.8) is 0 Å². The molecule has 0 radical (unpaired) electrons. The largest absolute Gasteiger partial charge is 0.347 e. The maximum atomic E-state index is 4.38. The van der Waals surface area contributed by atoms with E-state index in [4.69, 9.17) is 0 Å². The van der Waals surface area contributed by atoms with E-state index in [0.29, 0.717) is 0 Å². The number of aliphatic imine (C=N–C) groups is 1. The minimum Gasteiger partial charge on any atom is -0.347 e. The molecule has 0 aromatic heterocycles. The van der Waals surface area contributed by atoms with E-state index in [-0.39, 0.29) is 5.92 Å². The molecule has 0 atom stereocenters. The Bertz CT molecular complexity index is 1090. The van der Waals surface area contributed by atoms with E-state index in [1.165, 1.54) is 33.5 Å². The molecular weight excluding hydrogens is 402 g/mol. The van der Waals surface area contributed by atoms with Gasteiger partial charge >= 0.3 is 0 Å². The number of hydrogen-bond donors (Lipinski definition) is 1. The van der Waals surface area contributed by atoms with Crippen molar-refractivity contribution >= 4 is 5.84 Å². The van der Waals surface area contributed by atoms with Gasteiger partial charge < -0.3 is 5.32 Å². The molecule has 1 aliphatic heterocycles. The zero-order chi connectivity index (χ0) is 23.0. The first-order valence-corrected chi connectivity index (χ1v) is 11.7. The predicted molar refractivity (Wildman–Crippen MR) is 139 cm³/mol. The minimum absolute atomic E-state index is 0.186. The van der Waals surface area contributed by atoms with Gasteiger partial charge in [-0.2, -0.15) is 0 Å². The van der Waals surface area contributed by atoms with Gasteiger partial charge in [0.05, 0.1) is 0 Å². The second-order valence-electron chi connectivity index (χ2n) is 8.67. The third-order valence-corrected chi connectivity index (χ3v) is 6.35. The van der Waals surface area contributed by atoms with Crippen LogP contribution in [0.15, 0.2) is 114 Å². The maximum Gasteiger partial charge on any atom is 0.102 e. The van der Waals surface area contributed by atoms with Crippen molar-refractivity contribution in [3.8, 4) is 0 Å². The summed E-state index contributed by atoms with van der Waals surface area (Å²) in [6.45, 7) is 10.8. The topological polar surface area (TPSA) is 27.6 Å². The first-order valence-electron chi connectivity index (χ1n) is 11.7. The lowest BCUT2D eigenvalue weighted by molar-refractivity contribution is 0.269. The maximum absolute atomic E-state index is 4.38. The summed E-state index contributed by atoms with van der Waals surface area (Å²) in [6, 6.07) is 30.4. The molecule has 0 saturated carbocycles. The van der Waals surface area contributed by atoms with Crippen LogP contribution in [0.2, 0.25) is 0 Å². The van der Waals surface area contributed by atoms with Gasteiger partial charge in [-0.25, -0.2) is 4.99 Å². The van der Waals surface area contributed by atoms with E-state index < -0.39 is 0 Å². The molecular formula is C30H33N3. The normalized spacial score (nSPS) is 15.1. The molecule has 1 N–H and O–H groups in total. The number of aryl methyl sites for hydroxylation is 1. The fraction of sp³-hybridized carbons (Fsp3) is 0.233. The van der Waals surface area contributed by atoms with Gasteiger partial charge in [0.15, 0.2) is 0 Å². The van der Waals surface area contributed by atoms with Crippen molar-refractivity contribution < 1.29 is 0 Å². The summed E-state index contributed by atoms with van der Waals surface area (Å²) >= 11 is 0. The van der Waals surface area contributed by atoms with Gasteiger partial charge in [-0.1, -0.05) is 91.5 Å². The summed E-state index contributed by atoms with van der Waals surface area (Å²) in [5.41, 5.74) is 8.06. The van der Waals surface area contributed by atoms with Gasteiger partial charge in [0, 0.05) is 43.9 Å². The van der Waals surface area contributed by atoms with Crippen molar-refractivity contribution in [2.24, 2.45) is 4.99 Å². The molecule has 0 unspecified atom stereocenters. The number of rotatable bonds is 7. The Morgan fingerprint density at radius 2 is 1.58 bits per heavy atom. The number of nitrogens with one attached hydrogen (secondary N) is 1. The summed E-state index contributed by atoms with van der Waals surface area (Å²) < 4.78 is 0. The van der Waals surface area contributed by atoms with Crippen LogP contribution in [-0.2, 0) is 6.54 Å². The Balaban J connectivity index is 1.76. The Hall–Kier alpha value is -3.43. The van der Waals surface area contributed by atoms with E-state index in [1.54, 1.807) is 6.20 Å². The molecule has 1 heterocycles. The highest BCUT2D eigenvalue weighted by Crippen LogP contribution is 2.36. The quantitative estimate of drug-likeness (QED) is 0.342. The van der Waals surface area contributed by atoms with Crippen LogP contribution in [0.1, 0.15) is 41.5 Å². The van der Waals surface area contributed by atoms with E-state index in [9.17, 15) is 0 Å². The summed E-state index contributed by atoms with van der Waals surface area (Å²) in [4.78, 5) is 6.95. The highest BCUT2D eigenvalue weighted by Gasteiger charge is 2.28. The lowest BCUT2D eigenvalue weighted by atomic mass is 9.81. The minimum atomic E-state index is 0.186. The SMILES string of the molecule is C=CN=C(C)NC1=C(C(c2ccccc2)c2ccccc2)CN(Cc2ccccc2C)CC1. The van der Waals surface area contributed by atoms with Crippen LogP contribution in [0.3, 0.4) is 0 Å². The third-order valence-electron chi connectivity index (χ3n) is 6.35. The Morgan fingerprint density at radius 3 is 2.18 bits per heavy atom. The monoisotopic (exact) mass is 435 g/mol. The zero-order valence-corrected chi connectivity index (χ0v) is 19.7. The van der Waals surface area contributed by atoms with Crippen molar-refractivity contribution in [2.75, 3.05) is 13.1 Å². The van der Waals surface area contributed by atoms with Gasteiger partial charge in [-0.05, 0) is 41.7 Å². The number of hydrogen-bond acceptors (Lipinski definition) is 2. The molecule has 33 heavy (non-hydrogen) atoms. The lowest BCUT2D eigenvalue weighted by Crippen LogP contribution is -2.37. The molecule has 0 saturated heterocycles. The Kier molecular flexibility index (Phi) is 7.54. The highest BCUT2D eigenvalue weighted by atomic mass is 15.1. The Morgan fingerprint density at radius 1 is 0.970 bits per heavy atom. The van der Waals surface area contributed by atoms with Crippen molar-refractivity contribution in [1.29, 1.82) is 0 Å². The van der Waals surface area contributed by atoms with E-state index in [2.05, 4.69) is 114 Å². The highest BCUT2D eigenvalue weighted by molar-refractivity contribution is 5.82. The third kappa shape index (κ3) is 5.68. The molecule has 3 nitrogen and oxygen atoms in total. The van der Waals surface area contributed by atoms with Crippen LogP contribution in [0, 0.1) is 6.92 Å². The van der Waals surface area contributed by atoms with Gasteiger partial charge in [-0.15, -0.1) is 0 Å². The molecule has 0 bridgehead atoms. The molecule has 4 rings (SSSR count). The van der Waals surface area contributed by atoms with Gasteiger partial charge in [0.25, 0.3) is 0 Å². The second kappa shape index (κ2) is 10.9. The molecule has 3 aromatic carbocycles. The summed E-state index contributed by atoms with van der Waals surface area (Å²) in [6.07, 6.45) is 2.56. The van der Waals surface area contributed by atoms with Crippen LogP contribution >= 0.6 is 0 Å². The average Bonchev–Trinajstić information content (AvgIpc) is 2.84. The first-order chi connectivity index (χ1) is 16.2. The van der Waals surface area contributed by atoms with E-state index >= 15 is 0 Å². The molecule has 3 aromatic rings. The fourth-order valence-corrected chi connectivity index (χ4v) is 4.69. The van der Waals surface area contributed by atoms with Gasteiger partial charge in [0.2, 0.25) is 0 Å². The number of nitrogens with zero attached hydrogens (tertiary/aromatic N) is 2. The molecule has 0 amide bonds. The van der Waals surface area contributed by atoms with Crippen LogP contribution in [0.5, 0.6) is 0 Å². The van der Waals surface area contributed by atoms with Crippen LogP contribution in [0.4, 0.5) is 0 Å².